The molecule has 0 aliphatic carbocycles. The van der Waals surface area contributed by atoms with Crippen molar-refractivity contribution >= 4 is 11.2 Å². The number of nitrogens with zero attached hydrogens (tertiary/aromatic N) is 3. The van der Waals surface area contributed by atoms with Crippen LogP contribution < -0.4 is 10.5 Å². The van der Waals surface area contributed by atoms with E-state index in [0.29, 0.717) is 23.2 Å². The summed E-state index contributed by atoms with van der Waals surface area (Å²) in [6.07, 6.45) is 3.50. The van der Waals surface area contributed by atoms with E-state index in [0.717, 1.165) is 16.8 Å². The lowest BCUT2D eigenvalue weighted by molar-refractivity contribution is 0.462. The summed E-state index contributed by atoms with van der Waals surface area (Å²) in [5.41, 5.74) is 9.36. The molecule has 0 atom stereocenters. The molecule has 2 aromatic heterocycles. The fourth-order valence-corrected chi connectivity index (χ4v) is 2.11. The van der Waals surface area contributed by atoms with Crippen molar-refractivity contribution < 1.29 is 4.74 Å². The lowest BCUT2D eigenvalue weighted by atomic mass is 10.1. The van der Waals surface area contributed by atoms with Crippen molar-refractivity contribution in [3.05, 3.63) is 47.9 Å². The van der Waals surface area contributed by atoms with Crippen LogP contribution in [0.3, 0.4) is 0 Å². The second-order valence-corrected chi connectivity index (χ2v) is 5.41. The van der Waals surface area contributed by atoms with Crippen LogP contribution in [0, 0.1) is 6.92 Å². The van der Waals surface area contributed by atoms with E-state index in [1.807, 2.05) is 31.3 Å². The summed E-state index contributed by atoms with van der Waals surface area (Å²) in [5.74, 6) is 1.60. The average Bonchev–Trinajstić information content (AvgIpc) is 2.88. The van der Waals surface area contributed by atoms with Gasteiger partial charge in [-0.1, -0.05) is 19.9 Å². The maximum absolute atomic E-state index is 5.94. The van der Waals surface area contributed by atoms with E-state index in [1.54, 1.807) is 16.8 Å². The number of aryl methyl sites for hydroxylation is 1. The van der Waals surface area contributed by atoms with Gasteiger partial charge in [0.25, 0.3) is 0 Å². The first-order chi connectivity index (χ1) is 10.0. The number of nitrogens with two attached hydrogens (primary N) is 1. The average molecular weight is 282 g/mol. The Morgan fingerprint density at radius 1 is 1.24 bits per heavy atom. The Balaban J connectivity index is 2.06. The minimum absolute atomic E-state index is 0.354. The molecule has 0 saturated heterocycles. The van der Waals surface area contributed by atoms with Gasteiger partial charge in [0.2, 0.25) is 5.88 Å². The van der Waals surface area contributed by atoms with Gasteiger partial charge in [0.15, 0.2) is 0 Å². The molecule has 0 unspecified atom stereocenters. The molecule has 5 heteroatoms. The van der Waals surface area contributed by atoms with Crippen LogP contribution in [0.5, 0.6) is 11.6 Å². The van der Waals surface area contributed by atoms with Crippen LogP contribution in [-0.4, -0.2) is 14.6 Å². The third kappa shape index (κ3) is 2.54. The van der Waals surface area contributed by atoms with Crippen molar-refractivity contribution in [2.75, 3.05) is 5.73 Å². The van der Waals surface area contributed by atoms with E-state index in [-0.39, 0.29) is 0 Å². The Morgan fingerprint density at radius 3 is 2.81 bits per heavy atom. The highest BCUT2D eigenvalue weighted by Gasteiger charge is 2.12. The number of fused-ring (bicyclic) bond motifs is 1. The topological polar surface area (TPSA) is 65.4 Å². The maximum Gasteiger partial charge on any atom is 0.245 e. The van der Waals surface area contributed by atoms with Gasteiger partial charge >= 0.3 is 0 Å². The number of benzene rings is 1. The zero-order valence-corrected chi connectivity index (χ0v) is 12.4. The Labute approximate surface area is 123 Å². The molecule has 1 aromatic carbocycles. The molecule has 0 amide bonds. The zero-order valence-electron chi connectivity index (χ0n) is 12.4. The highest BCUT2D eigenvalue weighted by atomic mass is 16.5. The van der Waals surface area contributed by atoms with E-state index in [1.165, 1.54) is 0 Å². The third-order valence-electron chi connectivity index (χ3n) is 3.38. The fourth-order valence-electron chi connectivity index (χ4n) is 2.11. The van der Waals surface area contributed by atoms with E-state index in [4.69, 9.17) is 10.5 Å². The van der Waals surface area contributed by atoms with Crippen molar-refractivity contribution in [1.82, 2.24) is 14.6 Å². The molecule has 0 aliphatic rings. The van der Waals surface area contributed by atoms with Crippen molar-refractivity contribution in [1.29, 1.82) is 0 Å². The first-order valence-corrected chi connectivity index (χ1v) is 6.93. The van der Waals surface area contributed by atoms with Gasteiger partial charge in [-0.2, -0.15) is 5.10 Å². The molecule has 0 spiro atoms. The summed E-state index contributed by atoms with van der Waals surface area (Å²) in [6.45, 7) is 6.19. The predicted molar refractivity (Wildman–Crippen MR) is 82.7 cm³/mol. The van der Waals surface area contributed by atoms with Crippen molar-refractivity contribution in [2.24, 2.45) is 0 Å². The second kappa shape index (κ2) is 5.09. The largest absolute Gasteiger partial charge is 0.437 e. The lowest BCUT2D eigenvalue weighted by Crippen LogP contribution is -1.96. The molecule has 0 saturated carbocycles. The second-order valence-electron chi connectivity index (χ2n) is 5.41. The number of rotatable bonds is 3. The first-order valence-electron chi connectivity index (χ1n) is 6.93. The molecule has 2 heterocycles. The Bertz CT molecular complexity index is 792. The van der Waals surface area contributed by atoms with Crippen LogP contribution in [0.25, 0.3) is 5.52 Å². The van der Waals surface area contributed by atoms with Crippen LogP contribution in [0.15, 0.2) is 36.7 Å². The Kier molecular flexibility index (Phi) is 3.25. The first kappa shape index (κ1) is 13.4. The molecular weight excluding hydrogens is 264 g/mol. The van der Waals surface area contributed by atoms with Crippen LogP contribution in [0.1, 0.15) is 31.0 Å². The standard InChI is InChI=1S/C16H18N4O/c1-10(2)13-9-14-16(18-6-7-20(14)19-13)21-15-8-12(17)5-4-11(15)3/h4-10H,17H2,1-3H3. The molecule has 3 rings (SSSR count). The molecule has 0 bridgehead atoms. The molecule has 21 heavy (non-hydrogen) atoms. The predicted octanol–water partition coefficient (Wildman–Crippen LogP) is 3.54. The van der Waals surface area contributed by atoms with Crippen LogP contribution in [0.2, 0.25) is 0 Å². The fraction of sp³-hybridized carbons (Fsp3) is 0.250. The van der Waals surface area contributed by atoms with Gasteiger partial charge in [0.1, 0.15) is 11.3 Å². The quantitative estimate of drug-likeness (QED) is 0.746. The van der Waals surface area contributed by atoms with E-state index in [9.17, 15) is 0 Å². The normalized spacial score (nSPS) is 11.2. The summed E-state index contributed by atoms with van der Waals surface area (Å²) in [5, 5.41) is 4.53. The van der Waals surface area contributed by atoms with Gasteiger partial charge in [-0.15, -0.1) is 0 Å². The van der Waals surface area contributed by atoms with Crippen molar-refractivity contribution in [3.8, 4) is 11.6 Å². The van der Waals surface area contributed by atoms with Gasteiger partial charge in [0, 0.05) is 24.1 Å². The third-order valence-corrected chi connectivity index (χ3v) is 3.38. The van der Waals surface area contributed by atoms with Crippen molar-refractivity contribution in [3.63, 3.8) is 0 Å². The van der Waals surface area contributed by atoms with E-state index >= 15 is 0 Å². The van der Waals surface area contributed by atoms with E-state index in [2.05, 4.69) is 23.9 Å². The molecule has 5 nitrogen and oxygen atoms in total. The summed E-state index contributed by atoms with van der Waals surface area (Å²) < 4.78 is 7.74. The number of nitrogen functional groups attached to an aromatic ring is 1. The van der Waals surface area contributed by atoms with Gasteiger partial charge in [-0.05, 0) is 30.5 Å². The van der Waals surface area contributed by atoms with Gasteiger partial charge < -0.3 is 10.5 Å². The van der Waals surface area contributed by atoms with E-state index < -0.39 is 0 Å². The lowest BCUT2D eigenvalue weighted by Gasteiger charge is -2.09. The molecule has 3 aromatic rings. The smallest absolute Gasteiger partial charge is 0.245 e. The number of ether oxygens (including phenoxy) is 1. The summed E-state index contributed by atoms with van der Waals surface area (Å²) in [7, 11) is 0. The maximum atomic E-state index is 5.94. The van der Waals surface area contributed by atoms with Gasteiger partial charge in [-0.3, -0.25) is 0 Å². The minimum Gasteiger partial charge on any atom is -0.437 e. The molecule has 0 radical (unpaired) electrons. The van der Waals surface area contributed by atoms with Crippen LogP contribution in [0.4, 0.5) is 5.69 Å². The SMILES string of the molecule is Cc1ccc(N)cc1Oc1nccn2nc(C(C)C)cc12. The molecule has 0 fully saturated rings. The minimum atomic E-state index is 0.354. The monoisotopic (exact) mass is 282 g/mol. The zero-order chi connectivity index (χ0) is 15.0. The summed E-state index contributed by atoms with van der Waals surface area (Å²) in [4.78, 5) is 4.32. The summed E-state index contributed by atoms with van der Waals surface area (Å²) in [6, 6.07) is 7.60. The van der Waals surface area contributed by atoms with Crippen molar-refractivity contribution in [2.45, 2.75) is 26.7 Å². The number of hydrogen-bond donors (Lipinski definition) is 1. The van der Waals surface area contributed by atoms with Crippen LogP contribution >= 0.6 is 0 Å². The molecule has 2 N–H and O–H groups in total. The highest BCUT2D eigenvalue weighted by molar-refractivity contribution is 5.59. The Hall–Kier alpha value is -2.56. The highest BCUT2D eigenvalue weighted by Crippen LogP contribution is 2.29. The van der Waals surface area contributed by atoms with Crippen LogP contribution in [-0.2, 0) is 0 Å². The van der Waals surface area contributed by atoms with Gasteiger partial charge in [-0.25, -0.2) is 9.50 Å². The summed E-state index contributed by atoms with van der Waals surface area (Å²) >= 11 is 0. The number of hydrogen-bond acceptors (Lipinski definition) is 4. The number of anilines is 1. The number of aromatic nitrogens is 3. The molecular formula is C16H18N4O. The molecule has 0 aliphatic heterocycles. The molecule has 108 valence electrons. The Morgan fingerprint density at radius 2 is 2.05 bits per heavy atom. The van der Waals surface area contributed by atoms with Gasteiger partial charge in [0.05, 0.1) is 5.69 Å².